The zero-order valence-corrected chi connectivity index (χ0v) is 12.3. The molecule has 0 N–H and O–H groups in total. The first kappa shape index (κ1) is 14.4. The van der Waals surface area contributed by atoms with E-state index in [1.54, 1.807) is 11.9 Å². The molecule has 19 heavy (non-hydrogen) atoms. The maximum atomic E-state index is 11.2. The Labute approximate surface area is 118 Å². The number of ether oxygens (including phenoxy) is 1. The molecule has 2 rings (SSSR count). The summed E-state index contributed by atoms with van der Waals surface area (Å²) in [6.07, 6.45) is 2.93. The van der Waals surface area contributed by atoms with E-state index in [0.717, 1.165) is 50.4 Å². The van der Waals surface area contributed by atoms with Crippen LogP contribution in [0.5, 0.6) is 0 Å². The van der Waals surface area contributed by atoms with Gasteiger partial charge in [-0.2, -0.15) is 0 Å². The zero-order chi connectivity index (χ0) is 13.7. The predicted molar refractivity (Wildman–Crippen MR) is 79.8 cm³/mol. The van der Waals surface area contributed by atoms with Crippen molar-refractivity contribution in [2.24, 2.45) is 0 Å². The van der Waals surface area contributed by atoms with Crippen LogP contribution in [0.1, 0.15) is 15.9 Å². The van der Waals surface area contributed by atoms with E-state index >= 15 is 0 Å². The summed E-state index contributed by atoms with van der Waals surface area (Å²) in [5, 5.41) is 0. The van der Waals surface area contributed by atoms with Crippen molar-refractivity contribution in [1.29, 1.82) is 0 Å². The minimum atomic E-state index is 0.752. The summed E-state index contributed by atoms with van der Waals surface area (Å²) in [6.45, 7) is 4.40. The SMILES string of the molecule is CSN(C)c1ccc(CN2CCOCC2)cc1C=O. The number of morpholine rings is 1. The van der Waals surface area contributed by atoms with E-state index in [0.29, 0.717) is 0 Å². The molecule has 0 amide bonds. The van der Waals surface area contributed by atoms with Gasteiger partial charge in [0.1, 0.15) is 0 Å². The van der Waals surface area contributed by atoms with Crippen LogP contribution in [0.3, 0.4) is 0 Å². The maximum absolute atomic E-state index is 11.2. The van der Waals surface area contributed by atoms with E-state index in [1.807, 2.05) is 29.7 Å². The molecule has 4 nitrogen and oxygen atoms in total. The molecule has 1 aliphatic rings. The van der Waals surface area contributed by atoms with Gasteiger partial charge in [-0.1, -0.05) is 18.0 Å². The molecule has 0 aliphatic carbocycles. The van der Waals surface area contributed by atoms with Gasteiger partial charge in [0.2, 0.25) is 0 Å². The predicted octanol–water partition coefficient (Wildman–Crippen LogP) is 2.05. The molecular weight excluding hydrogens is 260 g/mol. The molecule has 0 bridgehead atoms. The quantitative estimate of drug-likeness (QED) is 0.609. The number of carbonyl (C=O) groups excluding carboxylic acids is 1. The monoisotopic (exact) mass is 280 g/mol. The van der Waals surface area contributed by atoms with E-state index in [-0.39, 0.29) is 0 Å². The van der Waals surface area contributed by atoms with Gasteiger partial charge in [-0.05, 0) is 17.7 Å². The molecule has 0 radical (unpaired) electrons. The van der Waals surface area contributed by atoms with Gasteiger partial charge in [-0.25, -0.2) is 0 Å². The normalized spacial score (nSPS) is 16.3. The van der Waals surface area contributed by atoms with Crippen molar-refractivity contribution >= 4 is 23.9 Å². The van der Waals surface area contributed by atoms with Gasteiger partial charge in [-0.3, -0.25) is 9.69 Å². The molecule has 1 aromatic carbocycles. The van der Waals surface area contributed by atoms with E-state index in [4.69, 9.17) is 4.74 Å². The van der Waals surface area contributed by atoms with Crippen molar-refractivity contribution < 1.29 is 9.53 Å². The molecule has 0 unspecified atom stereocenters. The molecule has 1 aromatic rings. The number of benzene rings is 1. The Morgan fingerprint density at radius 2 is 2.16 bits per heavy atom. The number of aldehydes is 1. The molecule has 104 valence electrons. The first-order valence-corrected chi connectivity index (χ1v) is 7.59. The van der Waals surface area contributed by atoms with Crippen LogP contribution >= 0.6 is 11.9 Å². The highest BCUT2D eigenvalue weighted by atomic mass is 32.2. The molecule has 0 saturated carbocycles. The van der Waals surface area contributed by atoms with Crippen LogP contribution in [0.4, 0.5) is 5.69 Å². The fraction of sp³-hybridized carbons (Fsp3) is 0.500. The highest BCUT2D eigenvalue weighted by Crippen LogP contribution is 2.24. The van der Waals surface area contributed by atoms with E-state index in [1.165, 1.54) is 5.56 Å². The molecule has 0 spiro atoms. The number of rotatable bonds is 5. The van der Waals surface area contributed by atoms with Crippen LogP contribution in [0, 0.1) is 0 Å². The van der Waals surface area contributed by atoms with Gasteiger partial charge < -0.3 is 9.04 Å². The van der Waals surface area contributed by atoms with Gasteiger partial charge in [-0.15, -0.1) is 0 Å². The maximum Gasteiger partial charge on any atom is 0.152 e. The Balaban J connectivity index is 2.11. The summed E-state index contributed by atoms with van der Waals surface area (Å²) in [4.78, 5) is 13.6. The summed E-state index contributed by atoms with van der Waals surface area (Å²) < 4.78 is 7.34. The Bertz CT molecular complexity index is 433. The molecule has 1 aliphatic heterocycles. The highest BCUT2D eigenvalue weighted by Gasteiger charge is 2.12. The van der Waals surface area contributed by atoms with Crippen LogP contribution in [0.2, 0.25) is 0 Å². The minimum absolute atomic E-state index is 0.752. The number of anilines is 1. The van der Waals surface area contributed by atoms with Gasteiger partial charge in [0, 0.05) is 38.5 Å². The molecule has 0 aromatic heterocycles. The Morgan fingerprint density at radius 1 is 1.42 bits per heavy atom. The van der Waals surface area contributed by atoms with Crippen molar-refractivity contribution in [3.63, 3.8) is 0 Å². The first-order valence-electron chi connectivity index (χ1n) is 6.40. The van der Waals surface area contributed by atoms with E-state index in [2.05, 4.69) is 11.0 Å². The van der Waals surface area contributed by atoms with E-state index < -0.39 is 0 Å². The van der Waals surface area contributed by atoms with Crippen LogP contribution in [-0.4, -0.2) is 50.8 Å². The molecule has 1 heterocycles. The Kier molecular flexibility index (Phi) is 5.24. The van der Waals surface area contributed by atoms with E-state index in [9.17, 15) is 4.79 Å². The Morgan fingerprint density at radius 3 is 2.79 bits per heavy atom. The smallest absolute Gasteiger partial charge is 0.152 e. The highest BCUT2D eigenvalue weighted by molar-refractivity contribution is 7.99. The molecular formula is C14H20N2O2S. The lowest BCUT2D eigenvalue weighted by Gasteiger charge is -2.27. The van der Waals surface area contributed by atoms with Gasteiger partial charge in [0.05, 0.1) is 18.9 Å². The molecule has 1 saturated heterocycles. The lowest BCUT2D eigenvalue weighted by molar-refractivity contribution is 0.0342. The summed E-state index contributed by atoms with van der Waals surface area (Å²) >= 11 is 1.60. The molecule has 5 heteroatoms. The standard InChI is InChI=1S/C14H20N2O2S/c1-15(19-2)14-4-3-12(9-13(14)11-17)10-16-5-7-18-8-6-16/h3-4,9,11H,5-8,10H2,1-2H3. The summed E-state index contributed by atoms with van der Waals surface area (Å²) in [5.41, 5.74) is 2.90. The summed E-state index contributed by atoms with van der Waals surface area (Å²) in [6, 6.07) is 6.12. The first-order chi connectivity index (χ1) is 9.24. The zero-order valence-electron chi connectivity index (χ0n) is 11.5. The fourth-order valence-corrected chi connectivity index (χ4v) is 2.56. The minimum Gasteiger partial charge on any atom is -0.379 e. The second kappa shape index (κ2) is 6.93. The summed E-state index contributed by atoms with van der Waals surface area (Å²) in [7, 11) is 1.97. The van der Waals surface area contributed by atoms with Gasteiger partial charge in [0.25, 0.3) is 0 Å². The fourth-order valence-electron chi connectivity index (χ4n) is 2.20. The Hall–Kier alpha value is -1.04. The van der Waals surface area contributed by atoms with Crippen LogP contribution in [-0.2, 0) is 11.3 Å². The topological polar surface area (TPSA) is 32.8 Å². The van der Waals surface area contributed by atoms with Crippen molar-refractivity contribution in [1.82, 2.24) is 4.90 Å². The molecule has 1 fully saturated rings. The van der Waals surface area contributed by atoms with Crippen LogP contribution in [0.15, 0.2) is 18.2 Å². The molecule has 0 atom stereocenters. The lowest BCUT2D eigenvalue weighted by Crippen LogP contribution is -2.35. The number of hydrogen-bond acceptors (Lipinski definition) is 5. The third-order valence-electron chi connectivity index (χ3n) is 3.34. The lowest BCUT2D eigenvalue weighted by atomic mass is 10.1. The number of hydrogen-bond donors (Lipinski definition) is 0. The van der Waals surface area contributed by atoms with Gasteiger partial charge in [0.15, 0.2) is 6.29 Å². The summed E-state index contributed by atoms with van der Waals surface area (Å²) in [5.74, 6) is 0. The largest absolute Gasteiger partial charge is 0.379 e. The van der Waals surface area contributed by atoms with Crippen molar-refractivity contribution in [2.75, 3.05) is 43.9 Å². The van der Waals surface area contributed by atoms with Crippen LogP contribution in [0.25, 0.3) is 0 Å². The second-order valence-electron chi connectivity index (χ2n) is 4.58. The number of carbonyl (C=O) groups is 1. The average Bonchev–Trinajstić information content (AvgIpc) is 2.47. The van der Waals surface area contributed by atoms with Gasteiger partial charge >= 0.3 is 0 Å². The van der Waals surface area contributed by atoms with Crippen molar-refractivity contribution in [2.45, 2.75) is 6.54 Å². The van der Waals surface area contributed by atoms with Crippen LogP contribution < -0.4 is 4.31 Å². The third kappa shape index (κ3) is 3.72. The average molecular weight is 280 g/mol. The van der Waals surface area contributed by atoms with Crippen molar-refractivity contribution in [3.05, 3.63) is 29.3 Å². The second-order valence-corrected chi connectivity index (χ2v) is 5.49. The van der Waals surface area contributed by atoms with Crippen molar-refractivity contribution in [3.8, 4) is 0 Å². The number of nitrogens with zero attached hydrogens (tertiary/aromatic N) is 2. The third-order valence-corrected chi connectivity index (χ3v) is 4.09.